The van der Waals surface area contributed by atoms with E-state index in [-0.39, 0.29) is 10.7 Å². The van der Waals surface area contributed by atoms with Gasteiger partial charge in [0.2, 0.25) is 16.8 Å². The zero-order valence-corrected chi connectivity index (χ0v) is 18.7. The number of methoxy groups -OCH3 is 3. The van der Waals surface area contributed by atoms with Crippen LogP contribution in [0.3, 0.4) is 0 Å². The maximum atomic E-state index is 13.0. The van der Waals surface area contributed by atoms with Crippen LogP contribution in [0.15, 0.2) is 41.3 Å². The molecule has 0 saturated heterocycles. The Labute approximate surface area is 185 Å². The van der Waals surface area contributed by atoms with Crippen molar-refractivity contribution in [2.24, 2.45) is 5.73 Å². The van der Waals surface area contributed by atoms with Crippen LogP contribution in [0, 0.1) is 0 Å². The van der Waals surface area contributed by atoms with Gasteiger partial charge in [0, 0.05) is 10.5 Å². The van der Waals surface area contributed by atoms with Gasteiger partial charge in [-0.15, -0.1) is 0 Å². The van der Waals surface area contributed by atoms with Crippen LogP contribution in [0.5, 0.6) is 17.2 Å². The summed E-state index contributed by atoms with van der Waals surface area (Å²) in [6, 6.07) is 8.97. The second-order valence-corrected chi connectivity index (χ2v) is 7.53. The van der Waals surface area contributed by atoms with Crippen molar-refractivity contribution >= 4 is 28.7 Å². The Hall–Kier alpha value is -3.20. The number of hydrogen-bond donors (Lipinski definition) is 2. The van der Waals surface area contributed by atoms with Crippen LogP contribution in [0.2, 0.25) is 0 Å². The molecule has 0 spiro atoms. The number of nitrogens with two attached hydrogens (primary N) is 1. The Kier molecular flexibility index (Phi) is 8.75. The molecule has 0 aliphatic carbocycles. The number of carbonyl (C=O) groups excluding carboxylic acids is 3. The molecule has 0 aromatic heterocycles. The van der Waals surface area contributed by atoms with Crippen LogP contribution in [0.1, 0.15) is 40.5 Å². The maximum absolute atomic E-state index is 13.0. The Bertz CT molecular complexity index is 938. The van der Waals surface area contributed by atoms with E-state index in [2.05, 4.69) is 5.32 Å². The molecule has 3 N–H and O–H groups in total. The number of benzene rings is 2. The van der Waals surface area contributed by atoms with Crippen molar-refractivity contribution in [2.75, 3.05) is 21.3 Å². The molecule has 0 fully saturated rings. The Morgan fingerprint density at radius 2 is 1.65 bits per heavy atom. The first-order valence-corrected chi connectivity index (χ1v) is 10.4. The molecule has 1 atom stereocenters. The van der Waals surface area contributed by atoms with E-state index >= 15 is 0 Å². The number of hydrogen-bond acceptors (Lipinski definition) is 7. The second-order valence-electron chi connectivity index (χ2n) is 6.52. The first-order chi connectivity index (χ1) is 14.9. The van der Waals surface area contributed by atoms with Crippen LogP contribution in [-0.2, 0) is 4.79 Å². The van der Waals surface area contributed by atoms with E-state index < -0.39 is 17.9 Å². The summed E-state index contributed by atoms with van der Waals surface area (Å²) < 4.78 is 15.9. The largest absolute Gasteiger partial charge is 0.493 e. The van der Waals surface area contributed by atoms with E-state index in [0.717, 1.165) is 11.8 Å². The highest BCUT2D eigenvalue weighted by molar-refractivity contribution is 8.14. The fourth-order valence-electron chi connectivity index (χ4n) is 2.91. The van der Waals surface area contributed by atoms with Gasteiger partial charge in [-0.3, -0.25) is 14.4 Å². The van der Waals surface area contributed by atoms with Gasteiger partial charge in [-0.2, -0.15) is 0 Å². The summed E-state index contributed by atoms with van der Waals surface area (Å²) in [5.74, 6) is -0.00647. The first kappa shape index (κ1) is 24.1. The molecule has 9 heteroatoms. The number of ether oxygens (including phenoxy) is 3. The van der Waals surface area contributed by atoms with E-state index in [1.165, 1.54) is 21.3 Å². The zero-order valence-electron chi connectivity index (χ0n) is 17.9. The van der Waals surface area contributed by atoms with Crippen LogP contribution in [-0.4, -0.2) is 44.3 Å². The minimum atomic E-state index is -0.777. The van der Waals surface area contributed by atoms with Crippen LogP contribution < -0.4 is 25.3 Å². The second kappa shape index (κ2) is 11.3. The van der Waals surface area contributed by atoms with Crippen molar-refractivity contribution in [2.45, 2.75) is 30.7 Å². The summed E-state index contributed by atoms with van der Waals surface area (Å²) >= 11 is 0.884. The average Bonchev–Trinajstić information content (AvgIpc) is 2.77. The molecular formula is C22H26N2O6S. The molecule has 0 aliphatic rings. The average molecular weight is 447 g/mol. The SMILES string of the molecule is CCC[C@H](NC(=O)c1ccccc1SC(=O)c1cc(OC)c(OC)c(OC)c1)C(N)=O. The van der Waals surface area contributed by atoms with Crippen molar-refractivity contribution in [3.05, 3.63) is 47.5 Å². The summed E-state index contributed by atoms with van der Waals surface area (Å²) in [4.78, 5) is 37.8. The number of carbonyl (C=O) groups is 3. The molecule has 2 aromatic carbocycles. The molecule has 0 heterocycles. The fourth-order valence-corrected chi connectivity index (χ4v) is 3.76. The minimum Gasteiger partial charge on any atom is -0.493 e. The third-order valence-corrected chi connectivity index (χ3v) is 5.46. The van der Waals surface area contributed by atoms with Gasteiger partial charge in [-0.05, 0) is 42.4 Å². The number of primary amides is 1. The van der Waals surface area contributed by atoms with Crippen molar-refractivity contribution in [1.82, 2.24) is 5.32 Å². The lowest BCUT2D eigenvalue weighted by Crippen LogP contribution is -2.44. The van der Waals surface area contributed by atoms with E-state index in [1.54, 1.807) is 36.4 Å². The van der Waals surface area contributed by atoms with Gasteiger partial charge in [-0.25, -0.2) is 0 Å². The van der Waals surface area contributed by atoms with Gasteiger partial charge in [0.25, 0.3) is 5.91 Å². The summed E-state index contributed by atoms with van der Waals surface area (Å²) in [5.41, 5.74) is 5.96. The highest BCUT2D eigenvalue weighted by atomic mass is 32.2. The van der Waals surface area contributed by atoms with Crippen LogP contribution >= 0.6 is 11.8 Å². The number of nitrogens with one attached hydrogen (secondary N) is 1. The predicted octanol–water partition coefficient (Wildman–Crippen LogP) is 3.03. The summed E-state index contributed by atoms with van der Waals surface area (Å²) in [7, 11) is 4.40. The maximum Gasteiger partial charge on any atom is 0.253 e. The quantitative estimate of drug-likeness (QED) is 0.539. The lowest BCUT2D eigenvalue weighted by atomic mass is 10.1. The van der Waals surface area contributed by atoms with Crippen molar-refractivity contribution in [3.63, 3.8) is 0 Å². The smallest absolute Gasteiger partial charge is 0.253 e. The normalized spacial score (nSPS) is 11.4. The van der Waals surface area contributed by atoms with E-state index in [9.17, 15) is 14.4 Å². The predicted molar refractivity (Wildman–Crippen MR) is 118 cm³/mol. The third kappa shape index (κ3) is 5.91. The van der Waals surface area contributed by atoms with Gasteiger partial charge < -0.3 is 25.3 Å². The number of amides is 2. The molecule has 2 amide bonds. The van der Waals surface area contributed by atoms with Crippen LogP contribution in [0.4, 0.5) is 0 Å². The fraction of sp³-hybridized carbons (Fsp3) is 0.318. The highest BCUT2D eigenvalue weighted by Gasteiger charge is 2.22. The molecule has 0 saturated carbocycles. The topological polar surface area (TPSA) is 117 Å². The van der Waals surface area contributed by atoms with Gasteiger partial charge in [0.15, 0.2) is 11.5 Å². The molecule has 0 bridgehead atoms. The molecule has 166 valence electrons. The molecular weight excluding hydrogens is 420 g/mol. The number of rotatable bonds is 10. The van der Waals surface area contributed by atoms with Crippen LogP contribution in [0.25, 0.3) is 0 Å². The standard InChI is InChI=1S/C22H26N2O6S/c1-5-8-15(20(23)25)24-21(26)14-9-6-7-10-18(14)31-22(27)13-11-16(28-2)19(30-4)17(12-13)29-3/h6-7,9-12,15H,5,8H2,1-4H3,(H2,23,25)(H,24,26)/t15-/m0/s1. The van der Waals surface area contributed by atoms with Gasteiger partial charge in [0.05, 0.1) is 26.9 Å². The van der Waals surface area contributed by atoms with Gasteiger partial charge >= 0.3 is 0 Å². The number of thioether (sulfide) groups is 1. The Morgan fingerprint density at radius 1 is 1.03 bits per heavy atom. The van der Waals surface area contributed by atoms with Gasteiger partial charge in [0.1, 0.15) is 6.04 Å². The molecule has 0 aliphatic heterocycles. The molecule has 31 heavy (non-hydrogen) atoms. The lowest BCUT2D eigenvalue weighted by molar-refractivity contribution is -0.120. The minimum absolute atomic E-state index is 0.274. The van der Waals surface area contributed by atoms with Gasteiger partial charge in [-0.1, -0.05) is 25.5 Å². The summed E-state index contributed by atoms with van der Waals surface area (Å²) in [5, 5.41) is 2.32. The molecule has 8 nitrogen and oxygen atoms in total. The van der Waals surface area contributed by atoms with Crippen molar-refractivity contribution in [1.29, 1.82) is 0 Å². The molecule has 2 rings (SSSR count). The summed E-state index contributed by atoms with van der Waals surface area (Å²) in [6.45, 7) is 1.89. The Morgan fingerprint density at radius 3 is 2.16 bits per heavy atom. The first-order valence-electron chi connectivity index (χ1n) is 9.57. The van der Waals surface area contributed by atoms with E-state index in [0.29, 0.717) is 40.5 Å². The zero-order chi connectivity index (χ0) is 23.0. The monoisotopic (exact) mass is 446 g/mol. The van der Waals surface area contributed by atoms with Crippen molar-refractivity contribution in [3.8, 4) is 17.2 Å². The van der Waals surface area contributed by atoms with E-state index in [1.807, 2.05) is 6.92 Å². The lowest BCUT2D eigenvalue weighted by Gasteiger charge is -2.16. The highest BCUT2D eigenvalue weighted by Crippen LogP contribution is 2.39. The molecule has 2 aromatic rings. The van der Waals surface area contributed by atoms with E-state index in [4.69, 9.17) is 19.9 Å². The Balaban J connectivity index is 2.31. The summed E-state index contributed by atoms with van der Waals surface area (Å²) in [6.07, 6.45) is 1.12. The van der Waals surface area contributed by atoms with Crippen molar-refractivity contribution < 1.29 is 28.6 Å². The molecule has 0 unspecified atom stereocenters. The third-order valence-electron chi connectivity index (χ3n) is 4.46. The molecule has 0 radical (unpaired) electrons.